The molecule has 0 aromatic heterocycles. The molecular weight excluding hydrogens is 487 g/mol. The Hall–Kier alpha value is -3.18. The molecule has 1 fully saturated rings. The average molecular weight is 521 g/mol. The monoisotopic (exact) mass is 520 g/mol. The number of rotatable bonds is 9. The molecule has 1 aliphatic carbocycles. The van der Waals surface area contributed by atoms with E-state index in [1.54, 1.807) is 11.0 Å². The molecule has 1 atom stereocenters. The highest BCUT2D eigenvalue weighted by Crippen LogP contribution is 2.24. The van der Waals surface area contributed by atoms with Crippen LogP contribution in [0.5, 0.6) is 0 Å². The van der Waals surface area contributed by atoms with Crippen molar-refractivity contribution >= 4 is 23.4 Å². The van der Waals surface area contributed by atoms with Gasteiger partial charge in [-0.3, -0.25) is 9.59 Å². The molecule has 0 spiro atoms. The zero-order chi connectivity index (χ0) is 26.2. The molecule has 0 radical (unpaired) electrons. The van der Waals surface area contributed by atoms with Gasteiger partial charge in [0.15, 0.2) is 0 Å². The summed E-state index contributed by atoms with van der Waals surface area (Å²) in [5.74, 6) is -1.03. The number of carbonyl (C=O) groups excluding carboxylic acids is 2. The van der Waals surface area contributed by atoms with Crippen LogP contribution in [0.15, 0.2) is 72.8 Å². The van der Waals surface area contributed by atoms with Crippen LogP contribution in [0.25, 0.3) is 0 Å². The van der Waals surface area contributed by atoms with E-state index in [2.05, 4.69) is 5.32 Å². The number of carbonyl (C=O) groups is 2. The third kappa shape index (κ3) is 7.20. The normalized spacial score (nSPS) is 14.7. The molecule has 194 valence electrons. The van der Waals surface area contributed by atoms with Gasteiger partial charge in [-0.05, 0) is 48.6 Å². The van der Waals surface area contributed by atoms with Crippen LogP contribution in [0.3, 0.4) is 0 Å². The van der Waals surface area contributed by atoms with Crippen LogP contribution in [0.1, 0.15) is 54.4 Å². The predicted molar refractivity (Wildman–Crippen MR) is 146 cm³/mol. The van der Waals surface area contributed by atoms with Crippen LogP contribution < -0.4 is 5.32 Å². The summed E-state index contributed by atoms with van der Waals surface area (Å²) in [4.78, 5) is 29.3. The van der Waals surface area contributed by atoms with E-state index in [1.807, 2.05) is 61.5 Å². The second-order valence-electron chi connectivity index (χ2n) is 9.87. The Morgan fingerprint density at radius 3 is 2.38 bits per heavy atom. The van der Waals surface area contributed by atoms with Gasteiger partial charge in [0.25, 0.3) is 0 Å². The molecule has 3 aromatic carbocycles. The second kappa shape index (κ2) is 12.9. The standard InChI is InChI=1S/C31H34ClFN2O2/c1-22-11-8-9-14-24(22)21-35(30(36)20-26-27(32)17-10-18-28(26)33)29(19-23-12-4-2-5-13-23)31(37)34-25-15-6-3-7-16-25/h2,4-5,8-14,17-18,25,29H,3,6-7,15-16,19-21H2,1H3,(H,34,37). The first-order chi connectivity index (χ1) is 17.9. The Kier molecular flexibility index (Phi) is 9.34. The van der Waals surface area contributed by atoms with Crippen molar-refractivity contribution in [1.82, 2.24) is 10.2 Å². The summed E-state index contributed by atoms with van der Waals surface area (Å²) in [6.45, 7) is 2.23. The maximum absolute atomic E-state index is 14.6. The van der Waals surface area contributed by atoms with Gasteiger partial charge in [0.2, 0.25) is 11.8 Å². The van der Waals surface area contributed by atoms with E-state index in [0.717, 1.165) is 42.4 Å². The number of amides is 2. The summed E-state index contributed by atoms with van der Waals surface area (Å²) in [5.41, 5.74) is 3.07. The van der Waals surface area contributed by atoms with Crippen molar-refractivity contribution in [1.29, 1.82) is 0 Å². The first kappa shape index (κ1) is 26.9. The first-order valence-electron chi connectivity index (χ1n) is 13.0. The number of halogens is 2. The van der Waals surface area contributed by atoms with Crippen molar-refractivity contribution in [2.75, 3.05) is 0 Å². The fourth-order valence-corrected chi connectivity index (χ4v) is 5.25. The van der Waals surface area contributed by atoms with E-state index in [0.29, 0.717) is 6.42 Å². The Morgan fingerprint density at radius 1 is 0.973 bits per heavy atom. The molecule has 2 amide bonds. The van der Waals surface area contributed by atoms with Gasteiger partial charge in [-0.15, -0.1) is 0 Å². The minimum atomic E-state index is -0.748. The number of nitrogens with zero attached hydrogens (tertiary/aromatic N) is 1. The largest absolute Gasteiger partial charge is 0.352 e. The molecule has 4 rings (SSSR count). The minimum absolute atomic E-state index is 0.107. The van der Waals surface area contributed by atoms with Crippen LogP contribution in [-0.2, 0) is 29.0 Å². The van der Waals surface area contributed by atoms with E-state index in [9.17, 15) is 14.0 Å². The highest BCUT2D eigenvalue weighted by Gasteiger charge is 2.32. The molecule has 3 aromatic rings. The van der Waals surface area contributed by atoms with E-state index in [1.165, 1.54) is 18.6 Å². The predicted octanol–water partition coefficient (Wildman–Crippen LogP) is 6.42. The SMILES string of the molecule is Cc1ccccc1CN(C(=O)Cc1c(F)cccc1Cl)C(Cc1ccccc1)C(=O)NC1CCCCC1. The lowest BCUT2D eigenvalue weighted by atomic mass is 9.94. The van der Waals surface area contributed by atoms with Gasteiger partial charge in [0.05, 0.1) is 6.42 Å². The third-order valence-corrected chi connectivity index (χ3v) is 7.57. The second-order valence-corrected chi connectivity index (χ2v) is 10.3. The quantitative estimate of drug-likeness (QED) is 0.354. The lowest BCUT2D eigenvalue weighted by Gasteiger charge is -2.34. The van der Waals surface area contributed by atoms with Gasteiger partial charge in [-0.25, -0.2) is 4.39 Å². The van der Waals surface area contributed by atoms with E-state index in [-0.39, 0.29) is 41.4 Å². The smallest absolute Gasteiger partial charge is 0.243 e. The van der Waals surface area contributed by atoms with Gasteiger partial charge in [0.1, 0.15) is 11.9 Å². The lowest BCUT2D eigenvalue weighted by Crippen LogP contribution is -2.53. The van der Waals surface area contributed by atoms with Gasteiger partial charge < -0.3 is 10.2 Å². The summed E-state index contributed by atoms with van der Waals surface area (Å²) in [6.07, 6.45) is 5.39. The van der Waals surface area contributed by atoms with Gasteiger partial charge in [0, 0.05) is 29.6 Å². The van der Waals surface area contributed by atoms with Crippen LogP contribution in [0.2, 0.25) is 5.02 Å². The zero-order valence-corrected chi connectivity index (χ0v) is 22.0. The van der Waals surface area contributed by atoms with Gasteiger partial charge in [-0.1, -0.05) is 91.5 Å². The Bertz CT molecular complexity index is 1190. The topological polar surface area (TPSA) is 49.4 Å². The Labute approximate surface area is 223 Å². The molecule has 1 saturated carbocycles. The zero-order valence-electron chi connectivity index (χ0n) is 21.3. The maximum atomic E-state index is 14.6. The number of aryl methyl sites for hydroxylation is 1. The number of hydrogen-bond acceptors (Lipinski definition) is 2. The lowest BCUT2D eigenvalue weighted by molar-refractivity contribution is -0.141. The summed E-state index contributed by atoms with van der Waals surface area (Å²) in [6, 6.07) is 21.3. The first-order valence-corrected chi connectivity index (χ1v) is 13.4. The molecule has 37 heavy (non-hydrogen) atoms. The van der Waals surface area contributed by atoms with Crippen LogP contribution in [0, 0.1) is 12.7 Å². The molecule has 1 aliphatic rings. The summed E-state index contributed by atoms with van der Waals surface area (Å²) < 4.78 is 14.6. The minimum Gasteiger partial charge on any atom is -0.352 e. The highest BCUT2D eigenvalue weighted by atomic mass is 35.5. The summed E-state index contributed by atoms with van der Waals surface area (Å²) in [7, 11) is 0. The number of hydrogen-bond donors (Lipinski definition) is 1. The molecule has 0 saturated heterocycles. The third-order valence-electron chi connectivity index (χ3n) is 7.21. The molecule has 0 aliphatic heterocycles. The fraction of sp³-hybridized carbons (Fsp3) is 0.355. The number of benzene rings is 3. The van der Waals surface area contributed by atoms with Gasteiger partial charge >= 0.3 is 0 Å². The molecule has 1 N–H and O–H groups in total. The fourth-order valence-electron chi connectivity index (χ4n) is 5.02. The van der Waals surface area contributed by atoms with E-state index >= 15 is 0 Å². The number of nitrogens with one attached hydrogen (secondary N) is 1. The average Bonchev–Trinajstić information content (AvgIpc) is 2.90. The Balaban J connectivity index is 1.69. The maximum Gasteiger partial charge on any atom is 0.243 e. The van der Waals surface area contributed by atoms with Crippen LogP contribution in [0.4, 0.5) is 4.39 Å². The van der Waals surface area contributed by atoms with E-state index in [4.69, 9.17) is 11.6 Å². The summed E-state index contributed by atoms with van der Waals surface area (Å²) in [5, 5.41) is 3.43. The van der Waals surface area contributed by atoms with Crippen LogP contribution >= 0.6 is 11.6 Å². The van der Waals surface area contributed by atoms with Crippen molar-refractivity contribution in [3.05, 3.63) is 106 Å². The molecule has 0 bridgehead atoms. The van der Waals surface area contributed by atoms with Crippen molar-refractivity contribution in [2.24, 2.45) is 0 Å². The van der Waals surface area contributed by atoms with Crippen molar-refractivity contribution < 1.29 is 14.0 Å². The van der Waals surface area contributed by atoms with Crippen molar-refractivity contribution in [2.45, 2.75) is 70.5 Å². The van der Waals surface area contributed by atoms with Gasteiger partial charge in [-0.2, -0.15) is 0 Å². The molecule has 6 heteroatoms. The summed E-state index contributed by atoms with van der Waals surface area (Å²) >= 11 is 6.27. The molecule has 0 heterocycles. The molecule has 1 unspecified atom stereocenters. The Morgan fingerprint density at radius 2 is 1.68 bits per heavy atom. The highest BCUT2D eigenvalue weighted by molar-refractivity contribution is 6.31. The van der Waals surface area contributed by atoms with Crippen molar-refractivity contribution in [3.8, 4) is 0 Å². The van der Waals surface area contributed by atoms with E-state index < -0.39 is 11.9 Å². The van der Waals surface area contributed by atoms with Crippen LogP contribution in [-0.4, -0.2) is 28.8 Å². The molecule has 4 nitrogen and oxygen atoms in total. The molecular formula is C31H34ClFN2O2. The van der Waals surface area contributed by atoms with Crippen molar-refractivity contribution in [3.63, 3.8) is 0 Å².